The van der Waals surface area contributed by atoms with E-state index in [9.17, 15) is 14.4 Å². The van der Waals surface area contributed by atoms with Crippen LogP contribution in [0.2, 0.25) is 0 Å². The number of benzene rings is 1. The van der Waals surface area contributed by atoms with Crippen LogP contribution >= 0.6 is 15.9 Å². The Bertz CT molecular complexity index is 588. The number of nitrogens with one attached hydrogen (secondary N) is 1. The molecular weight excluding hydrogens is 326 g/mol. The lowest BCUT2D eigenvalue weighted by molar-refractivity contribution is -0.138. The number of nitrogens with zero attached hydrogens (tertiary/aromatic N) is 1. The molecule has 0 bridgehead atoms. The molecule has 2 rings (SSSR count). The average Bonchev–Trinajstić information content (AvgIpc) is 2.37. The van der Waals surface area contributed by atoms with Crippen LogP contribution in [0.1, 0.15) is 23.7 Å². The van der Waals surface area contributed by atoms with Crippen molar-refractivity contribution in [2.75, 3.05) is 12.3 Å². The van der Waals surface area contributed by atoms with Gasteiger partial charge in [0, 0.05) is 10.2 Å². The molecule has 106 valence electrons. The van der Waals surface area contributed by atoms with E-state index in [-0.39, 0.29) is 12.1 Å². The average molecular weight is 340 g/mol. The van der Waals surface area contributed by atoms with E-state index in [0.717, 1.165) is 4.47 Å². The lowest BCUT2D eigenvalue weighted by atomic mass is 10.1. The topological polar surface area (TPSA) is 92.5 Å². The number of rotatable bonds is 2. The van der Waals surface area contributed by atoms with Crippen molar-refractivity contribution in [3.05, 3.63) is 28.2 Å². The summed E-state index contributed by atoms with van der Waals surface area (Å²) in [4.78, 5) is 37.0. The van der Waals surface area contributed by atoms with Crippen LogP contribution in [0.5, 0.6) is 0 Å². The minimum absolute atomic E-state index is 0.140. The van der Waals surface area contributed by atoms with Gasteiger partial charge >= 0.3 is 0 Å². The zero-order valence-electron chi connectivity index (χ0n) is 10.9. The summed E-state index contributed by atoms with van der Waals surface area (Å²) in [5.74, 6) is -1.35. The summed E-state index contributed by atoms with van der Waals surface area (Å²) in [5, 5.41) is 2.23. The standard InChI is InChI=1S/C13H14BrN3O3/c1-2-10-12(19)16-11(18)6-17(10)13(20)8-4-3-7(14)5-9(8)15/h3-5,10H,2,6,15H2,1H3,(H,16,18,19). The molecule has 0 aromatic heterocycles. The fourth-order valence-electron chi connectivity index (χ4n) is 2.17. The number of anilines is 1. The molecule has 1 unspecified atom stereocenters. The van der Waals surface area contributed by atoms with Gasteiger partial charge in [-0.3, -0.25) is 19.7 Å². The Balaban J connectivity index is 2.34. The molecule has 0 spiro atoms. The van der Waals surface area contributed by atoms with Crippen molar-refractivity contribution in [2.45, 2.75) is 19.4 Å². The second-order valence-electron chi connectivity index (χ2n) is 4.50. The van der Waals surface area contributed by atoms with Crippen LogP contribution in [0.3, 0.4) is 0 Å². The first-order valence-corrected chi connectivity index (χ1v) is 6.93. The summed E-state index contributed by atoms with van der Waals surface area (Å²) in [7, 11) is 0. The molecule has 1 aromatic carbocycles. The first-order valence-electron chi connectivity index (χ1n) is 6.13. The van der Waals surface area contributed by atoms with Gasteiger partial charge in [0.05, 0.1) is 5.56 Å². The molecule has 1 aliphatic heterocycles. The summed E-state index contributed by atoms with van der Waals surface area (Å²) in [6, 6.07) is 4.23. The predicted molar refractivity (Wildman–Crippen MR) is 76.8 cm³/mol. The highest BCUT2D eigenvalue weighted by atomic mass is 79.9. The van der Waals surface area contributed by atoms with Crippen molar-refractivity contribution < 1.29 is 14.4 Å². The van der Waals surface area contributed by atoms with E-state index in [2.05, 4.69) is 21.2 Å². The van der Waals surface area contributed by atoms with Gasteiger partial charge in [0.25, 0.3) is 5.91 Å². The van der Waals surface area contributed by atoms with Crippen LogP contribution in [-0.4, -0.2) is 35.2 Å². The van der Waals surface area contributed by atoms with Gasteiger partial charge in [0.2, 0.25) is 11.8 Å². The second kappa shape index (κ2) is 5.62. The van der Waals surface area contributed by atoms with Crippen molar-refractivity contribution >= 4 is 39.3 Å². The molecule has 1 fully saturated rings. The molecule has 7 heteroatoms. The molecule has 20 heavy (non-hydrogen) atoms. The van der Waals surface area contributed by atoms with Crippen molar-refractivity contribution in [2.24, 2.45) is 0 Å². The summed E-state index contributed by atoms with van der Waals surface area (Å²) in [5.41, 5.74) is 6.41. The van der Waals surface area contributed by atoms with Crippen molar-refractivity contribution in [1.82, 2.24) is 10.2 Å². The summed E-state index contributed by atoms with van der Waals surface area (Å²) in [6.07, 6.45) is 0.432. The van der Waals surface area contributed by atoms with E-state index in [4.69, 9.17) is 5.73 Å². The lowest BCUT2D eigenvalue weighted by Gasteiger charge is -2.33. The maximum atomic E-state index is 12.5. The Morgan fingerprint density at radius 1 is 1.50 bits per heavy atom. The summed E-state index contributed by atoms with van der Waals surface area (Å²) < 4.78 is 0.756. The molecule has 1 heterocycles. The number of hydrogen-bond donors (Lipinski definition) is 2. The van der Waals surface area contributed by atoms with Gasteiger partial charge in [-0.1, -0.05) is 22.9 Å². The molecule has 0 aliphatic carbocycles. The smallest absolute Gasteiger partial charge is 0.257 e. The predicted octanol–water partition coefficient (Wildman–Crippen LogP) is 0.908. The highest BCUT2D eigenvalue weighted by molar-refractivity contribution is 9.10. The third-order valence-electron chi connectivity index (χ3n) is 3.15. The van der Waals surface area contributed by atoms with Crippen LogP contribution in [-0.2, 0) is 9.59 Å². The van der Waals surface area contributed by atoms with Crippen molar-refractivity contribution in [3.63, 3.8) is 0 Å². The zero-order chi connectivity index (χ0) is 14.9. The van der Waals surface area contributed by atoms with Crippen LogP contribution in [0.4, 0.5) is 5.69 Å². The quantitative estimate of drug-likeness (QED) is 0.618. The maximum Gasteiger partial charge on any atom is 0.257 e. The maximum absolute atomic E-state index is 12.5. The minimum atomic E-state index is -0.650. The monoisotopic (exact) mass is 339 g/mol. The van der Waals surface area contributed by atoms with Gasteiger partial charge in [-0.2, -0.15) is 0 Å². The SMILES string of the molecule is CCC1C(=O)NC(=O)CN1C(=O)c1ccc(Br)cc1N. The third-order valence-corrected chi connectivity index (χ3v) is 3.64. The fraction of sp³-hybridized carbons (Fsp3) is 0.308. The summed E-state index contributed by atoms with van der Waals surface area (Å²) in [6.45, 7) is 1.64. The number of amides is 3. The molecule has 0 saturated carbocycles. The molecule has 1 aromatic rings. The largest absolute Gasteiger partial charge is 0.398 e. The summed E-state index contributed by atoms with van der Waals surface area (Å²) >= 11 is 3.26. The van der Waals surface area contributed by atoms with Gasteiger partial charge in [0.1, 0.15) is 12.6 Å². The second-order valence-corrected chi connectivity index (χ2v) is 5.42. The normalized spacial score (nSPS) is 18.9. The number of nitrogens with two attached hydrogens (primary N) is 1. The molecular formula is C13H14BrN3O3. The number of piperazine rings is 1. The van der Waals surface area contributed by atoms with Gasteiger partial charge in [-0.15, -0.1) is 0 Å². The number of carbonyl (C=O) groups is 3. The molecule has 1 aliphatic rings. The Hall–Kier alpha value is -1.89. The number of nitrogen functional groups attached to an aromatic ring is 1. The van der Waals surface area contributed by atoms with Gasteiger partial charge < -0.3 is 10.6 Å². The number of hydrogen-bond acceptors (Lipinski definition) is 4. The van der Waals surface area contributed by atoms with Crippen LogP contribution in [0.15, 0.2) is 22.7 Å². The number of halogens is 1. The van der Waals surface area contributed by atoms with Crippen molar-refractivity contribution in [1.29, 1.82) is 0 Å². The molecule has 6 nitrogen and oxygen atoms in total. The van der Waals surface area contributed by atoms with Crippen LogP contribution in [0.25, 0.3) is 0 Å². The zero-order valence-corrected chi connectivity index (χ0v) is 12.4. The van der Waals surface area contributed by atoms with E-state index in [0.29, 0.717) is 12.1 Å². The Labute approximate surface area is 124 Å². The van der Waals surface area contributed by atoms with Crippen LogP contribution in [0, 0.1) is 0 Å². The van der Waals surface area contributed by atoms with Gasteiger partial charge in [0.15, 0.2) is 0 Å². The molecule has 3 amide bonds. The van der Waals surface area contributed by atoms with Crippen LogP contribution < -0.4 is 11.1 Å². The fourth-order valence-corrected chi connectivity index (χ4v) is 2.55. The highest BCUT2D eigenvalue weighted by Crippen LogP contribution is 2.22. The molecule has 1 saturated heterocycles. The molecule has 3 N–H and O–H groups in total. The first-order chi connectivity index (χ1) is 9.43. The van der Waals surface area contributed by atoms with E-state index in [1.54, 1.807) is 25.1 Å². The third kappa shape index (κ3) is 2.67. The highest BCUT2D eigenvalue weighted by Gasteiger charge is 2.36. The lowest BCUT2D eigenvalue weighted by Crippen LogP contribution is -2.59. The first kappa shape index (κ1) is 14.5. The number of imide groups is 1. The Morgan fingerprint density at radius 2 is 2.20 bits per heavy atom. The Kier molecular flexibility index (Phi) is 4.08. The van der Waals surface area contributed by atoms with E-state index < -0.39 is 23.8 Å². The van der Waals surface area contributed by atoms with E-state index >= 15 is 0 Å². The number of carbonyl (C=O) groups excluding carboxylic acids is 3. The van der Waals surface area contributed by atoms with E-state index in [1.807, 2.05) is 0 Å². The van der Waals surface area contributed by atoms with Gasteiger partial charge in [-0.05, 0) is 24.6 Å². The van der Waals surface area contributed by atoms with Crippen molar-refractivity contribution in [3.8, 4) is 0 Å². The minimum Gasteiger partial charge on any atom is -0.398 e. The molecule has 0 radical (unpaired) electrons. The molecule has 1 atom stereocenters. The Morgan fingerprint density at radius 3 is 2.80 bits per heavy atom. The van der Waals surface area contributed by atoms with E-state index in [1.165, 1.54) is 4.90 Å². The van der Waals surface area contributed by atoms with Gasteiger partial charge in [-0.25, -0.2) is 0 Å².